The highest BCUT2D eigenvalue weighted by Gasteiger charge is 2.47. The summed E-state index contributed by atoms with van der Waals surface area (Å²) >= 11 is 0. The molecule has 1 aliphatic heterocycles. The number of rotatable bonds is 3. The first-order valence-corrected chi connectivity index (χ1v) is 9.11. The predicted molar refractivity (Wildman–Crippen MR) is 97.6 cm³/mol. The molecule has 1 saturated heterocycles. The molecule has 2 fully saturated rings. The Bertz CT molecular complexity index is 659. The van der Waals surface area contributed by atoms with Crippen molar-refractivity contribution in [3.05, 3.63) is 29.8 Å². The predicted octanol–water partition coefficient (Wildman–Crippen LogP) is 4.29. The van der Waals surface area contributed by atoms with Gasteiger partial charge in [0.2, 0.25) is 5.91 Å². The maximum atomic E-state index is 12.9. The van der Waals surface area contributed by atoms with Gasteiger partial charge in [0.05, 0.1) is 0 Å². The van der Waals surface area contributed by atoms with Crippen molar-refractivity contribution in [3.63, 3.8) is 0 Å². The summed E-state index contributed by atoms with van der Waals surface area (Å²) in [7, 11) is 0. The first-order chi connectivity index (χ1) is 11.7. The molecule has 1 atom stereocenters. The lowest BCUT2D eigenvalue weighted by atomic mass is 9.97. The first kappa shape index (κ1) is 17.8. The van der Waals surface area contributed by atoms with Crippen LogP contribution in [0.3, 0.4) is 0 Å². The van der Waals surface area contributed by atoms with Gasteiger partial charge in [0.15, 0.2) is 0 Å². The Morgan fingerprint density at radius 3 is 2.40 bits per heavy atom. The zero-order valence-corrected chi connectivity index (χ0v) is 15.6. The topological polar surface area (TPSA) is 58.6 Å². The Labute approximate surface area is 149 Å². The van der Waals surface area contributed by atoms with E-state index in [-0.39, 0.29) is 5.91 Å². The fourth-order valence-corrected chi connectivity index (χ4v) is 3.33. The van der Waals surface area contributed by atoms with E-state index in [0.717, 1.165) is 12.1 Å². The van der Waals surface area contributed by atoms with Gasteiger partial charge in [0, 0.05) is 12.2 Å². The van der Waals surface area contributed by atoms with Crippen LogP contribution in [0, 0.1) is 0 Å². The van der Waals surface area contributed by atoms with Crippen molar-refractivity contribution in [3.8, 4) is 0 Å². The molecule has 0 bridgehead atoms. The second-order valence-corrected chi connectivity index (χ2v) is 8.36. The number of hydrogen-bond donors (Lipinski definition) is 1. The third-order valence-electron chi connectivity index (χ3n) is 4.96. The van der Waals surface area contributed by atoms with Gasteiger partial charge in [0.25, 0.3) is 0 Å². The molecule has 1 saturated carbocycles. The molecule has 0 aromatic heterocycles. The molecule has 2 amide bonds. The van der Waals surface area contributed by atoms with E-state index in [1.807, 2.05) is 39.8 Å². The van der Waals surface area contributed by atoms with Crippen LogP contribution in [0.1, 0.15) is 64.9 Å². The van der Waals surface area contributed by atoms with Crippen molar-refractivity contribution in [2.75, 3.05) is 11.9 Å². The van der Waals surface area contributed by atoms with E-state index in [1.54, 1.807) is 4.90 Å². The zero-order valence-electron chi connectivity index (χ0n) is 15.6. The summed E-state index contributed by atoms with van der Waals surface area (Å²) in [6.07, 6.45) is 3.53. The molecule has 0 radical (unpaired) electrons. The molecule has 3 rings (SSSR count). The molecule has 1 heterocycles. The first-order valence-electron chi connectivity index (χ1n) is 9.11. The molecule has 1 aliphatic carbocycles. The maximum Gasteiger partial charge on any atom is 0.411 e. The van der Waals surface area contributed by atoms with Crippen LogP contribution in [0.5, 0.6) is 0 Å². The van der Waals surface area contributed by atoms with E-state index >= 15 is 0 Å². The number of carbonyl (C=O) groups is 2. The fraction of sp³-hybridized carbons (Fsp3) is 0.600. The quantitative estimate of drug-likeness (QED) is 0.890. The molecule has 5 nitrogen and oxygen atoms in total. The lowest BCUT2D eigenvalue weighted by molar-refractivity contribution is -0.125. The minimum Gasteiger partial charge on any atom is -0.444 e. The van der Waals surface area contributed by atoms with Crippen LogP contribution in [-0.2, 0) is 9.53 Å². The molecule has 5 heteroatoms. The van der Waals surface area contributed by atoms with Gasteiger partial charge in [-0.05, 0) is 77.0 Å². The largest absolute Gasteiger partial charge is 0.444 e. The van der Waals surface area contributed by atoms with Crippen molar-refractivity contribution in [2.24, 2.45) is 0 Å². The highest BCUT2D eigenvalue weighted by molar-refractivity contribution is 6.00. The SMILES string of the molecule is CC(C)(C)OC(=O)N1CCC[C@@]1(C)C(=O)Nc1ccc(C2CC2)cc1. The van der Waals surface area contributed by atoms with Crippen LogP contribution in [0.4, 0.5) is 10.5 Å². The van der Waals surface area contributed by atoms with Gasteiger partial charge < -0.3 is 10.1 Å². The molecule has 1 aromatic carbocycles. The van der Waals surface area contributed by atoms with Crippen molar-refractivity contribution < 1.29 is 14.3 Å². The van der Waals surface area contributed by atoms with Gasteiger partial charge in [-0.25, -0.2) is 4.79 Å². The molecule has 1 aromatic rings. The number of likely N-dealkylation sites (tertiary alicyclic amines) is 1. The number of carbonyl (C=O) groups excluding carboxylic acids is 2. The molecule has 0 spiro atoms. The summed E-state index contributed by atoms with van der Waals surface area (Å²) in [6.45, 7) is 7.86. The third kappa shape index (κ3) is 3.97. The Kier molecular flexibility index (Phi) is 4.52. The van der Waals surface area contributed by atoms with Gasteiger partial charge in [-0.15, -0.1) is 0 Å². The van der Waals surface area contributed by atoms with Gasteiger partial charge in [0.1, 0.15) is 11.1 Å². The summed E-state index contributed by atoms with van der Waals surface area (Å²) in [5, 5.41) is 2.97. The van der Waals surface area contributed by atoms with Crippen molar-refractivity contribution in [1.82, 2.24) is 4.90 Å². The van der Waals surface area contributed by atoms with Gasteiger partial charge in [-0.1, -0.05) is 12.1 Å². The van der Waals surface area contributed by atoms with Crippen LogP contribution in [0.15, 0.2) is 24.3 Å². The molecule has 136 valence electrons. The Balaban J connectivity index is 1.69. The minimum atomic E-state index is -0.877. The molecule has 25 heavy (non-hydrogen) atoms. The number of hydrogen-bond acceptors (Lipinski definition) is 3. The zero-order chi connectivity index (χ0) is 18.2. The summed E-state index contributed by atoms with van der Waals surface area (Å²) in [4.78, 5) is 26.9. The van der Waals surface area contributed by atoms with E-state index < -0.39 is 17.2 Å². The Hall–Kier alpha value is -2.04. The average Bonchev–Trinajstić information content (AvgIpc) is 3.28. The van der Waals surface area contributed by atoms with Crippen LogP contribution in [0.2, 0.25) is 0 Å². The van der Waals surface area contributed by atoms with E-state index in [9.17, 15) is 9.59 Å². The van der Waals surface area contributed by atoms with E-state index in [0.29, 0.717) is 18.9 Å². The van der Waals surface area contributed by atoms with Gasteiger partial charge >= 0.3 is 6.09 Å². The third-order valence-corrected chi connectivity index (χ3v) is 4.96. The molecular formula is C20H28N2O3. The van der Waals surface area contributed by atoms with Gasteiger partial charge in [-0.2, -0.15) is 0 Å². The number of nitrogens with zero attached hydrogens (tertiary/aromatic N) is 1. The maximum absolute atomic E-state index is 12.9. The van der Waals surface area contributed by atoms with Crippen molar-refractivity contribution in [2.45, 2.75) is 70.4 Å². The summed E-state index contributed by atoms with van der Waals surface area (Å²) < 4.78 is 5.47. The molecule has 2 aliphatic rings. The number of benzene rings is 1. The number of amides is 2. The standard InChI is InChI=1S/C20H28N2O3/c1-19(2,3)25-18(24)22-13-5-12-20(22,4)17(23)21-16-10-8-15(9-11-16)14-6-7-14/h8-11,14H,5-7,12-13H2,1-4H3,(H,21,23)/t20-/m0/s1. The number of nitrogens with one attached hydrogen (secondary N) is 1. The van der Waals surface area contributed by atoms with Crippen LogP contribution >= 0.6 is 0 Å². The lowest BCUT2D eigenvalue weighted by Crippen LogP contribution is -2.54. The second kappa shape index (κ2) is 6.36. The van der Waals surface area contributed by atoms with E-state index in [2.05, 4.69) is 17.4 Å². The minimum absolute atomic E-state index is 0.157. The van der Waals surface area contributed by atoms with Crippen molar-refractivity contribution in [1.29, 1.82) is 0 Å². The highest BCUT2D eigenvalue weighted by Crippen LogP contribution is 2.40. The lowest BCUT2D eigenvalue weighted by Gasteiger charge is -2.35. The number of ether oxygens (including phenoxy) is 1. The normalized spacial score (nSPS) is 23.4. The van der Waals surface area contributed by atoms with E-state index in [1.165, 1.54) is 18.4 Å². The molecule has 1 N–H and O–H groups in total. The summed E-state index contributed by atoms with van der Waals surface area (Å²) in [5.41, 5.74) is 0.653. The molecular weight excluding hydrogens is 316 g/mol. The summed E-state index contributed by atoms with van der Waals surface area (Å²) in [6, 6.07) is 8.05. The van der Waals surface area contributed by atoms with E-state index in [4.69, 9.17) is 4.74 Å². The number of anilines is 1. The second-order valence-electron chi connectivity index (χ2n) is 8.36. The average molecular weight is 344 g/mol. The summed E-state index contributed by atoms with van der Waals surface area (Å²) in [5.74, 6) is 0.537. The van der Waals surface area contributed by atoms with Crippen molar-refractivity contribution >= 4 is 17.7 Å². The monoisotopic (exact) mass is 344 g/mol. The highest BCUT2D eigenvalue weighted by atomic mass is 16.6. The van der Waals surface area contributed by atoms with Crippen LogP contribution in [-0.4, -0.2) is 34.6 Å². The smallest absolute Gasteiger partial charge is 0.411 e. The van der Waals surface area contributed by atoms with Crippen LogP contribution in [0.25, 0.3) is 0 Å². The Morgan fingerprint density at radius 1 is 1.20 bits per heavy atom. The van der Waals surface area contributed by atoms with Crippen LogP contribution < -0.4 is 5.32 Å². The molecule has 0 unspecified atom stereocenters. The Morgan fingerprint density at radius 2 is 1.84 bits per heavy atom. The fourth-order valence-electron chi connectivity index (χ4n) is 3.33. The van der Waals surface area contributed by atoms with Gasteiger partial charge in [-0.3, -0.25) is 9.69 Å².